The van der Waals surface area contributed by atoms with Gasteiger partial charge in [0.1, 0.15) is 18.5 Å². The molecule has 2 atom stereocenters. The number of hydrogen-bond acceptors (Lipinski definition) is 5. The van der Waals surface area contributed by atoms with Crippen molar-refractivity contribution >= 4 is 23.4 Å². The molecule has 3 N–H and O–H groups in total. The third-order valence-corrected chi connectivity index (χ3v) is 3.76. The molecule has 1 rings (SSSR count). The topological polar surface area (TPSA) is 61.7 Å². The van der Waals surface area contributed by atoms with Crippen molar-refractivity contribution in [1.29, 1.82) is 0 Å². The van der Waals surface area contributed by atoms with Gasteiger partial charge < -0.3 is 20.3 Å². The Labute approximate surface area is 129 Å². The van der Waals surface area contributed by atoms with Crippen LogP contribution in [-0.4, -0.2) is 53.6 Å². The van der Waals surface area contributed by atoms with Gasteiger partial charge in [-0.25, -0.2) is 0 Å². The van der Waals surface area contributed by atoms with Gasteiger partial charge in [-0.15, -0.1) is 0 Å². The fraction of sp³-hybridized carbons (Fsp3) is 0.571. The molecule has 114 valence electrons. The number of nitrogens with one attached hydrogen (secondary N) is 1. The minimum atomic E-state index is -0.768. The van der Waals surface area contributed by atoms with Crippen molar-refractivity contribution < 1.29 is 14.9 Å². The van der Waals surface area contributed by atoms with Crippen LogP contribution < -0.4 is 10.1 Å². The zero-order valence-corrected chi connectivity index (χ0v) is 13.4. The van der Waals surface area contributed by atoms with Gasteiger partial charge in [-0.1, -0.05) is 11.6 Å². The van der Waals surface area contributed by atoms with E-state index in [1.54, 1.807) is 43.0 Å². The van der Waals surface area contributed by atoms with E-state index in [1.165, 1.54) is 0 Å². The van der Waals surface area contributed by atoms with Gasteiger partial charge in [0, 0.05) is 23.9 Å². The standard InChI is InChI=1S/C14H22ClNO3S/c1-14(18,10-20-2)9-16-7-12(17)8-19-13-5-3-11(15)4-6-13/h3-6,12,16-18H,7-10H2,1-2H3. The Morgan fingerprint density at radius 2 is 2.05 bits per heavy atom. The van der Waals surface area contributed by atoms with Crippen molar-refractivity contribution in [3.05, 3.63) is 29.3 Å². The fourth-order valence-electron chi connectivity index (χ4n) is 1.65. The van der Waals surface area contributed by atoms with E-state index in [2.05, 4.69) is 5.32 Å². The summed E-state index contributed by atoms with van der Waals surface area (Å²) in [4.78, 5) is 0. The second kappa shape index (κ2) is 8.74. The number of thioether (sulfide) groups is 1. The Balaban J connectivity index is 2.20. The Morgan fingerprint density at radius 3 is 2.65 bits per heavy atom. The van der Waals surface area contributed by atoms with Gasteiger partial charge in [0.05, 0.1) is 5.60 Å². The molecular weight excluding hydrogens is 298 g/mol. The van der Waals surface area contributed by atoms with E-state index >= 15 is 0 Å². The van der Waals surface area contributed by atoms with Crippen LogP contribution in [0.2, 0.25) is 5.02 Å². The van der Waals surface area contributed by atoms with Crippen molar-refractivity contribution in [2.75, 3.05) is 31.7 Å². The number of halogens is 1. The van der Waals surface area contributed by atoms with E-state index in [4.69, 9.17) is 16.3 Å². The van der Waals surface area contributed by atoms with Crippen molar-refractivity contribution in [1.82, 2.24) is 5.32 Å². The number of hydrogen-bond donors (Lipinski definition) is 3. The van der Waals surface area contributed by atoms with Crippen LogP contribution >= 0.6 is 23.4 Å². The number of aliphatic hydroxyl groups is 2. The zero-order valence-electron chi connectivity index (χ0n) is 11.8. The van der Waals surface area contributed by atoms with Gasteiger partial charge in [0.15, 0.2) is 0 Å². The van der Waals surface area contributed by atoms with Crippen LogP contribution in [-0.2, 0) is 0 Å². The second-order valence-electron chi connectivity index (χ2n) is 4.98. The molecule has 2 unspecified atom stereocenters. The lowest BCUT2D eigenvalue weighted by molar-refractivity contribution is 0.0701. The molecule has 0 aliphatic heterocycles. The maximum Gasteiger partial charge on any atom is 0.119 e. The van der Waals surface area contributed by atoms with Crippen molar-refractivity contribution in [2.24, 2.45) is 0 Å². The summed E-state index contributed by atoms with van der Waals surface area (Å²) in [5.74, 6) is 1.32. The lowest BCUT2D eigenvalue weighted by Crippen LogP contribution is -2.43. The van der Waals surface area contributed by atoms with Gasteiger partial charge in [-0.2, -0.15) is 11.8 Å². The van der Waals surface area contributed by atoms with Crippen LogP contribution in [0.15, 0.2) is 24.3 Å². The molecule has 0 spiro atoms. The molecule has 0 saturated carbocycles. The van der Waals surface area contributed by atoms with E-state index in [-0.39, 0.29) is 6.61 Å². The Morgan fingerprint density at radius 1 is 1.40 bits per heavy atom. The van der Waals surface area contributed by atoms with E-state index in [9.17, 15) is 10.2 Å². The summed E-state index contributed by atoms with van der Waals surface area (Å²) in [6, 6.07) is 6.99. The number of rotatable bonds is 9. The van der Waals surface area contributed by atoms with Crippen molar-refractivity contribution in [2.45, 2.75) is 18.6 Å². The minimum Gasteiger partial charge on any atom is -0.491 e. The number of ether oxygens (including phenoxy) is 1. The van der Waals surface area contributed by atoms with E-state index in [0.717, 1.165) is 0 Å². The highest BCUT2D eigenvalue weighted by atomic mass is 35.5. The SMILES string of the molecule is CSCC(C)(O)CNCC(O)COc1ccc(Cl)cc1. The van der Waals surface area contributed by atoms with E-state index in [0.29, 0.717) is 29.6 Å². The first kappa shape index (κ1) is 17.6. The minimum absolute atomic E-state index is 0.194. The second-order valence-corrected chi connectivity index (χ2v) is 6.28. The molecule has 0 aliphatic carbocycles. The summed E-state index contributed by atoms with van der Waals surface area (Å²) in [7, 11) is 0. The first-order valence-corrected chi connectivity index (χ1v) is 8.18. The molecular formula is C14H22ClNO3S. The van der Waals surface area contributed by atoms with Crippen LogP contribution in [0.4, 0.5) is 0 Å². The summed E-state index contributed by atoms with van der Waals surface area (Å²) in [6.45, 7) is 2.77. The summed E-state index contributed by atoms with van der Waals surface area (Å²) in [6.07, 6.45) is 1.32. The average Bonchev–Trinajstić information content (AvgIpc) is 2.37. The highest BCUT2D eigenvalue weighted by Gasteiger charge is 2.19. The normalized spacial score (nSPS) is 15.7. The van der Waals surface area contributed by atoms with Crippen LogP contribution in [0.3, 0.4) is 0 Å². The molecule has 0 heterocycles. The lowest BCUT2D eigenvalue weighted by atomic mass is 10.1. The van der Waals surface area contributed by atoms with Crippen LogP contribution in [0.5, 0.6) is 5.75 Å². The molecule has 0 aliphatic rings. The van der Waals surface area contributed by atoms with Crippen molar-refractivity contribution in [3.8, 4) is 5.75 Å². The molecule has 0 radical (unpaired) electrons. The lowest BCUT2D eigenvalue weighted by Gasteiger charge is -2.23. The maximum atomic E-state index is 9.95. The van der Waals surface area contributed by atoms with Crippen LogP contribution in [0.25, 0.3) is 0 Å². The number of aliphatic hydroxyl groups excluding tert-OH is 1. The Bertz CT molecular complexity index is 387. The molecule has 1 aromatic carbocycles. The third kappa shape index (κ3) is 7.36. The summed E-state index contributed by atoms with van der Waals surface area (Å²) in [5, 5.41) is 23.4. The van der Waals surface area contributed by atoms with Crippen LogP contribution in [0, 0.1) is 0 Å². The van der Waals surface area contributed by atoms with Crippen LogP contribution in [0.1, 0.15) is 6.92 Å². The highest BCUT2D eigenvalue weighted by Crippen LogP contribution is 2.15. The summed E-state index contributed by atoms with van der Waals surface area (Å²) >= 11 is 7.36. The first-order chi connectivity index (χ1) is 9.43. The third-order valence-electron chi connectivity index (χ3n) is 2.60. The first-order valence-electron chi connectivity index (χ1n) is 6.41. The average molecular weight is 320 g/mol. The van der Waals surface area contributed by atoms with E-state index < -0.39 is 11.7 Å². The molecule has 20 heavy (non-hydrogen) atoms. The quantitative estimate of drug-likeness (QED) is 0.648. The summed E-state index contributed by atoms with van der Waals surface area (Å²) in [5.41, 5.74) is -0.768. The van der Waals surface area contributed by atoms with E-state index in [1.807, 2.05) is 6.26 Å². The molecule has 0 fully saturated rings. The number of benzene rings is 1. The molecule has 0 amide bonds. The monoisotopic (exact) mass is 319 g/mol. The zero-order chi connectivity index (χ0) is 15.0. The molecule has 1 aromatic rings. The smallest absolute Gasteiger partial charge is 0.119 e. The predicted molar refractivity (Wildman–Crippen MR) is 84.8 cm³/mol. The summed E-state index contributed by atoms with van der Waals surface area (Å²) < 4.78 is 5.44. The molecule has 0 saturated heterocycles. The molecule has 6 heteroatoms. The van der Waals surface area contributed by atoms with Gasteiger partial charge in [-0.05, 0) is 37.4 Å². The Hall–Kier alpha value is -0.460. The van der Waals surface area contributed by atoms with Gasteiger partial charge in [0.25, 0.3) is 0 Å². The van der Waals surface area contributed by atoms with Crippen molar-refractivity contribution in [3.63, 3.8) is 0 Å². The largest absolute Gasteiger partial charge is 0.491 e. The molecule has 4 nitrogen and oxygen atoms in total. The van der Waals surface area contributed by atoms with Gasteiger partial charge in [0.2, 0.25) is 0 Å². The fourth-order valence-corrected chi connectivity index (χ4v) is 2.50. The molecule has 0 aromatic heterocycles. The van der Waals surface area contributed by atoms with Gasteiger partial charge in [-0.3, -0.25) is 0 Å². The predicted octanol–water partition coefficient (Wildman–Crippen LogP) is 1.78. The maximum absolute atomic E-state index is 9.95. The van der Waals surface area contributed by atoms with Gasteiger partial charge >= 0.3 is 0 Å². The Kier molecular flexibility index (Phi) is 7.69. The molecule has 0 bridgehead atoms. The highest BCUT2D eigenvalue weighted by molar-refractivity contribution is 7.98.